The van der Waals surface area contributed by atoms with Crippen molar-refractivity contribution in [3.63, 3.8) is 0 Å². The summed E-state index contributed by atoms with van der Waals surface area (Å²) in [5.74, 6) is -1.20. The SMILES string of the molecule is O=C(NCC1CC1C(=O)N1CCCC1C(=O)O)OCC1c2ccccc2-c2ccccc21. The number of nitrogens with one attached hydrogen (secondary N) is 1. The average Bonchev–Trinajstić information content (AvgIpc) is 3.27. The minimum Gasteiger partial charge on any atom is -0.480 e. The first-order valence-electron chi connectivity index (χ1n) is 11.2. The molecule has 2 N–H and O–H groups in total. The van der Waals surface area contributed by atoms with Crippen LogP contribution in [0.15, 0.2) is 48.5 Å². The molecule has 2 aromatic rings. The average molecular weight is 434 g/mol. The fourth-order valence-electron chi connectivity index (χ4n) is 5.14. The first-order chi connectivity index (χ1) is 15.5. The summed E-state index contributed by atoms with van der Waals surface area (Å²) in [5.41, 5.74) is 4.68. The molecule has 166 valence electrons. The van der Waals surface area contributed by atoms with Gasteiger partial charge in [-0.25, -0.2) is 9.59 Å². The van der Waals surface area contributed by atoms with Gasteiger partial charge in [-0.05, 0) is 47.4 Å². The molecule has 0 spiro atoms. The first kappa shape index (κ1) is 20.5. The monoisotopic (exact) mass is 434 g/mol. The van der Waals surface area contributed by atoms with Gasteiger partial charge in [0.2, 0.25) is 5.91 Å². The second-order valence-corrected chi connectivity index (χ2v) is 8.84. The molecule has 5 rings (SSSR count). The minimum absolute atomic E-state index is 0.00604. The van der Waals surface area contributed by atoms with Gasteiger partial charge in [-0.3, -0.25) is 4.79 Å². The topological polar surface area (TPSA) is 95.9 Å². The number of carboxylic acid groups (broad SMARTS) is 1. The summed E-state index contributed by atoms with van der Waals surface area (Å²) < 4.78 is 5.54. The molecule has 3 aliphatic rings. The Balaban J connectivity index is 1.12. The Morgan fingerprint density at radius 2 is 1.69 bits per heavy atom. The number of likely N-dealkylation sites (tertiary alicyclic amines) is 1. The molecule has 2 amide bonds. The van der Waals surface area contributed by atoms with E-state index in [1.807, 2.05) is 24.3 Å². The van der Waals surface area contributed by atoms with Crippen molar-refractivity contribution in [1.82, 2.24) is 10.2 Å². The lowest BCUT2D eigenvalue weighted by Crippen LogP contribution is -2.41. The van der Waals surface area contributed by atoms with Crippen LogP contribution in [0, 0.1) is 11.8 Å². The third-order valence-corrected chi connectivity index (χ3v) is 6.91. The molecular weight excluding hydrogens is 408 g/mol. The van der Waals surface area contributed by atoms with Crippen LogP contribution in [0.3, 0.4) is 0 Å². The normalized spacial score (nSPS) is 23.4. The molecule has 1 heterocycles. The van der Waals surface area contributed by atoms with Crippen LogP contribution in [-0.4, -0.2) is 53.7 Å². The highest BCUT2D eigenvalue weighted by atomic mass is 16.5. The zero-order valence-electron chi connectivity index (χ0n) is 17.7. The fourth-order valence-corrected chi connectivity index (χ4v) is 5.14. The number of benzene rings is 2. The van der Waals surface area contributed by atoms with Crippen molar-refractivity contribution in [3.05, 3.63) is 59.7 Å². The number of aliphatic carboxylic acids is 1. The number of hydrogen-bond donors (Lipinski definition) is 2. The minimum atomic E-state index is -0.940. The van der Waals surface area contributed by atoms with Gasteiger partial charge in [0.25, 0.3) is 0 Å². The smallest absolute Gasteiger partial charge is 0.407 e. The molecule has 1 aliphatic heterocycles. The molecule has 2 aromatic carbocycles. The van der Waals surface area contributed by atoms with E-state index in [4.69, 9.17) is 4.74 Å². The third-order valence-electron chi connectivity index (χ3n) is 6.91. The summed E-state index contributed by atoms with van der Waals surface area (Å²) >= 11 is 0. The number of carbonyl (C=O) groups is 3. The van der Waals surface area contributed by atoms with E-state index in [0.29, 0.717) is 25.9 Å². The van der Waals surface area contributed by atoms with Gasteiger partial charge in [0.05, 0.1) is 0 Å². The van der Waals surface area contributed by atoms with Crippen LogP contribution in [0.4, 0.5) is 4.79 Å². The third kappa shape index (κ3) is 3.72. The molecule has 32 heavy (non-hydrogen) atoms. The van der Waals surface area contributed by atoms with E-state index in [9.17, 15) is 19.5 Å². The molecule has 0 bridgehead atoms. The highest BCUT2D eigenvalue weighted by Gasteiger charge is 2.48. The summed E-state index contributed by atoms with van der Waals surface area (Å²) in [6, 6.07) is 15.6. The van der Waals surface area contributed by atoms with Crippen molar-refractivity contribution in [1.29, 1.82) is 0 Å². The molecule has 3 atom stereocenters. The molecule has 2 aliphatic carbocycles. The Morgan fingerprint density at radius 3 is 2.34 bits per heavy atom. The fraction of sp³-hybridized carbons (Fsp3) is 0.400. The van der Waals surface area contributed by atoms with Crippen molar-refractivity contribution in [3.8, 4) is 11.1 Å². The summed E-state index contributed by atoms with van der Waals surface area (Å²) in [6.07, 6.45) is 1.41. The second kappa shape index (κ2) is 8.30. The maximum Gasteiger partial charge on any atom is 0.407 e. The number of rotatable bonds is 6. The highest BCUT2D eigenvalue weighted by molar-refractivity contribution is 5.87. The van der Waals surface area contributed by atoms with E-state index in [0.717, 1.165) is 17.5 Å². The largest absolute Gasteiger partial charge is 0.480 e. The molecule has 0 radical (unpaired) electrons. The summed E-state index contributed by atoms with van der Waals surface area (Å²) in [4.78, 5) is 37.8. The number of carboxylic acids is 1. The van der Waals surface area contributed by atoms with Crippen LogP contribution in [0.2, 0.25) is 0 Å². The van der Waals surface area contributed by atoms with Crippen LogP contribution < -0.4 is 5.32 Å². The van der Waals surface area contributed by atoms with Crippen LogP contribution in [0.5, 0.6) is 0 Å². The van der Waals surface area contributed by atoms with Gasteiger partial charge in [0.15, 0.2) is 0 Å². The van der Waals surface area contributed by atoms with Crippen molar-refractivity contribution >= 4 is 18.0 Å². The quantitative estimate of drug-likeness (QED) is 0.728. The lowest BCUT2D eigenvalue weighted by atomic mass is 9.98. The predicted molar refractivity (Wildman–Crippen MR) is 117 cm³/mol. The van der Waals surface area contributed by atoms with Crippen LogP contribution in [-0.2, 0) is 14.3 Å². The molecule has 1 saturated carbocycles. The Hall–Kier alpha value is -3.35. The van der Waals surface area contributed by atoms with E-state index in [2.05, 4.69) is 29.6 Å². The summed E-state index contributed by atoms with van der Waals surface area (Å²) in [7, 11) is 0. The van der Waals surface area contributed by atoms with Crippen molar-refractivity contribution in [2.75, 3.05) is 19.7 Å². The molecule has 7 nitrogen and oxygen atoms in total. The zero-order chi connectivity index (χ0) is 22.2. The maximum absolute atomic E-state index is 12.6. The van der Waals surface area contributed by atoms with E-state index in [1.54, 1.807) is 0 Å². The molecule has 3 unspecified atom stereocenters. The van der Waals surface area contributed by atoms with E-state index >= 15 is 0 Å². The van der Waals surface area contributed by atoms with Gasteiger partial charge in [-0.1, -0.05) is 48.5 Å². The van der Waals surface area contributed by atoms with Gasteiger partial charge in [-0.2, -0.15) is 0 Å². The number of carbonyl (C=O) groups excluding carboxylic acids is 2. The lowest BCUT2D eigenvalue weighted by Gasteiger charge is -2.21. The zero-order valence-corrected chi connectivity index (χ0v) is 17.7. The van der Waals surface area contributed by atoms with E-state index < -0.39 is 18.1 Å². The van der Waals surface area contributed by atoms with Gasteiger partial charge >= 0.3 is 12.1 Å². The van der Waals surface area contributed by atoms with Crippen LogP contribution >= 0.6 is 0 Å². The van der Waals surface area contributed by atoms with Crippen molar-refractivity contribution in [2.24, 2.45) is 11.8 Å². The number of alkyl carbamates (subject to hydrolysis) is 1. The predicted octanol–water partition coefficient (Wildman–Crippen LogP) is 3.24. The number of amides is 2. The molecule has 7 heteroatoms. The number of fused-ring (bicyclic) bond motifs is 3. The molecular formula is C25H26N2O5. The van der Waals surface area contributed by atoms with E-state index in [1.165, 1.54) is 16.0 Å². The van der Waals surface area contributed by atoms with Gasteiger partial charge in [0.1, 0.15) is 12.6 Å². The number of hydrogen-bond acceptors (Lipinski definition) is 4. The van der Waals surface area contributed by atoms with Gasteiger partial charge in [-0.15, -0.1) is 0 Å². The van der Waals surface area contributed by atoms with Crippen molar-refractivity contribution < 1.29 is 24.2 Å². The first-order valence-corrected chi connectivity index (χ1v) is 11.2. The maximum atomic E-state index is 12.6. The second-order valence-electron chi connectivity index (χ2n) is 8.84. The van der Waals surface area contributed by atoms with Crippen molar-refractivity contribution in [2.45, 2.75) is 31.2 Å². The van der Waals surface area contributed by atoms with Gasteiger partial charge in [0, 0.05) is 24.9 Å². The lowest BCUT2D eigenvalue weighted by molar-refractivity contribution is -0.148. The summed E-state index contributed by atoms with van der Waals surface area (Å²) in [6.45, 7) is 1.11. The van der Waals surface area contributed by atoms with Gasteiger partial charge < -0.3 is 20.1 Å². The Bertz CT molecular complexity index is 1020. The standard InChI is InChI=1S/C25H26N2O5/c28-23(27-11-5-10-22(27)24(29)30)20-12-15(20)13-26-25(31)32-14-21-18-8-3-1-6-16(18)17-7-2-4-9-19(17)21/h1-4,6-9,15,20-22H,5,10-14H2,(H,26,31)(H,29,30). The Labute approximate surface area is 186 Å². The Morgan fingerprint density at radius 1 is 1.03 bits per heavy atom. The van der Waals surface area contributed by atoms with Crippen LogP contribution in [0.1, 0.15) is 36.3 Å². The molecule has 1 saturated heterocycles. The number of ether oxygens (including phenoxy) is 1. The molecule has 2 fully saturated rings. The number of nitrogens with zero attached hydrogens (tertiary/aromatic N) is 1. The summed E-state index contributed by atoms with van der Waals surface area (Å²) in [5, 5.41) is 12.1. The van der Waals surface area contributed by atoms with Crippen LogP contribution in [0.25, 0.3) is 11.1 Å². The molecule has 0 aromatic heterocycles. The Kier molecular flexibility index (Phi) is 5.33. The van der Waals surface area contributed by atoms with E-state index in [-0.39, 0.29) is 30.3 Å². The highest BCUT2D eigenvalue weighted by Crippen LogP contribution is 2.44.